The maximum Gasteiger partial charge on any atom is 0.147 e. The number of anilines is 2. The van der Waals surface area contributed by atoms with Crippen molar-refractivity contribution in [1.29, 1.82) is 0 Å². The van der Waals surface area contributed by atoms with Crippen LogP contribution in [0.2, 0.25) is 0 Å². The molecule has 1 fully saturated rings. The first-order chi connectivity index (χ1) is 8.33. The lowest BCUT2D eigenvalue weighted by atomic mass is 9.95. The van der Waals surface area contributed by atoms with Gasteiger partial charge in [0.25, 0.3) is 0 Å². The zero-order valence-corrected chi connectivity index (χ0v) is 11.3. The number of thioether (sulfide) groups is 1. The topological polar surface area (TPSA) is 49.8 Å². The fourth-order valence-corrected chi connectivity index (χ4v) is 3.23. The Balaban J connectivity index is 2.02. The first-order valence-electron chi connectivity index (χ1n) is 6.12. The maximum atomic E-state index is 4.46. The van der Waals surface area contributed by atoms with Crippen LogP contribution >= 0.6 is 11.8 Å². The van der Waals surface area contributed by atoms with Gasteiger partial charge in [0, 0.05) is 18.3 Å². The van der Waals surface area contributed by atoms with Crippen LogP contribution in [0.1, 0.15) is 25.7 Å². The van der Waals surface area contributed by atoms with E-state index in [0.29, 0.717) is 11.3 Å². The van der Waals surface area contributed by atoms with Crippen molar-refractivity contribution in [2.24, 2.45) is 0 Å². The average molecular weight is 252 g/mol. The molecule has 1 aliphatic rings. The molecular weight excluding hydrogens is 232 g/mol. The normalized spacial score (nSPS) is 24.4. The molecule has 1 aromatic heterocycles. The third kappa shape index (κ3) is 3.25. The minimum absolute atomic E-state index is 0.528. The molecule has 2 atom stereocenters. The second-order valence-corrected chi connectivity index (χ2v) is 5.43. The van der Waals surface area contributed by atoms with Crippen molar-refractivity contribution >= 4 is 23.4 Å². The molecule has 1 heterocycles. The third-order valence-electron chi connectivity index (χ3n) is 3.23. The Kier molecular flexibility index (Phi) is 4.48. The average Bonchev–Trinajstić information content (AvgIpc) is 2.39. The van der Waals surface area contributed by atoms with Gasteiger partial charge in [0.15, 0.2) is 0 Å². The van der Waals surface area contributed by atoms with Gasteiger partial charge in [-0.1, -0.05) is 12.8 Å². The van der Waals surface area contributed by atoms with Crippen molar-refractivity contribution in [3.05, 3.63) is 12.4 Å². The number of hydrogen-bond donors (Lipinski definition) is 2. The van der Waals surface area contributed by atoms with E-state index in [1.54, 1.807) is 12.4 Å². The Hall–Kier alpha value is -0.970. The van der Waals surface area contributed by atoms with E-state index in [4.69, 9.17) is 0 Å². The Morgan fingerprint density at radius 1 is 1.24 bits per heavy atom. The number of rotatable bonds is 4. The largest absolute Gasteiger partial charge is 0.372 e. The van der Waals surface area contributed by atoms with E-state index >= 15 is 0 Å². The number of hydrogen-bond acceptors (Lipinski definition) is 5. The standard InChI is InChI=1S/C12H20N4S/c1-13-11-7-14-8-12(16-11)15-9-5-3-4-6-10(9)17-2/h7-10H,3-6H2,1-2H3,(H2,13,15,16). The van der Waals surface area contributed by atoms with Gasteiger partial charge < -0.3 is 10.6 Å². The summed E-state index contributed by atoms with van der Waals surface area (Å²) in [5.74, 6) is 1.69. The van der Waals surface area contributed by atoms with Crippen molar-refractivity contribution in [1.82, 2.24) is 9.97 Å². The van der Waals surface area contributed by atoms with Crippen LogP contribution in [0.3, 0.4) is 0 Å². The second-order valence-electron chi connectivity index (χ2n) is 4.35. The molecule has 2 unspecified atom stereocenters. The minimum Gasteiger partial charge on any atom is -0.372 e. The molecule has 1 aromatic rings. The molecule has 4 nitrogen and oxygen atoms in total. The Labute approximate surface area is 107 Å². The highest BCUT2D eigenvalue weighted by atomic mass is 32.2. The van der Waals surface area contributed by atoms with Crippen molar-refractivity contribution in [3.8, 4) is 0 Å². The summed E-state index contributed by atoms with van der Waals surface area (Å²) in [5, 5.41) is 7.23. The van der Waals surface area contributed by atoms with E-state index in [1.165, 1.54) is 25.7 Å². The molecule has 2 N–H and O–H groups in total. The summed E-state index contributed by atoms with van der Waals surface area (Å²) >= 11 is 1.96. The summed E-state index contributed by atoms with van der Waals surface area (Å²) in [7, 11) is 1.86. The predicted octanol–water partition coefficient (Wildman–Crippen LogP) is 2.60. The van der Waals surface area contributed by atoms with Gasteiger partial charge in [-0.15, -0.1) is 0 Å². The highest BCUT2D eigenvalue weighted by molar-refractivity contribution is 7.99. The fourth-order valence-electron chi connectivity index (χ4n) is 2.29. The summed E-state index contributed by atoms with van der Waals surface area (Å²) in [4.78, 5) is 8.64. The Morgan fingerprint density at radius 2 is 2.00 bits per heavy atom. The van der Waals surface area contributed by atoms with Gasteiger partial charge >= 0.3 is 0 Å². The lowest BCUT2D eigenvalue weighted by Crippen LogP contribution is -2.34. The molecule has 1 saturated carbocycles. The van der Waals surface area contributed by atoms with Gasteiger partial charge in [0.05, 0.1) is 12.4 Å². The zero-order chi connectivity index (χ0) is 12.1. The highest BCUT2D eigenvalue weighted by Crippen LogP contribution is 2.29. The molecule has 1 aliphatic carbocycles. The van der Waals surface area contributed by atoms with Crippen LogP contribution in [0.25, 0.3) is 0 Å². The molecule has 94 valence electrons. The molecule has 0 radical (unpaired) electrons. The van der Waals surface area contributed by atoms with Crippen LogP contribution in [0, 0.1) is 0 Å². The SMILES string of the molecule is CNc1cncc(NC2CCCCC2SC)n1. The smallest absolute Gasteiger partial charge is 0.147 e. The lowest BCUT2D eigenvalue weighted by Gasteiger charge is -2.31. The van der Waals surface area contributed by atoms with E-state index in [0.717, 1.165) is 11.6 Å². The van der Waals surface area contributed by atoms with Crippen LogP contribution in [-0.4, -0.2) is 34.6 Å². The molecule has 0 bridgehead atoms. The second kappa shape index (κ2) is 6.10. The van der Waals surface area contributed by atoms with Crippen LogP contribution < -0.4 is 10.6 Å². The van der Waals surface area contributed by atoms with Crippen LogP contribution in [0.5, 0.6) is 0 Å². The maximum absolute atomic E-state index is 4.46. The van der Waals surface area contributed by atoms with E-state index in [9.17, 15) is 0 Å². The monoisotopic (exact) mass is 252 g/mol. The first-order valence-corrected chi connectivity index (χ1v) is 7.41. The van der Waals surface area contributed by atoms with E-state index in [2.05, 4.69) is 26.9 Å². The van der Waals surface area contributed by atoms with E-state index in [1.807, 2.05) is 18.8 Å². The van der Waals surface area contributed by atoms with Crippen molar-refractivity contribution in [2.75, 3.05) is 23.9 Å². The summed E-state index contributed by atoms with van der Waals surface area (Å²) in [5.41, 5.74) is 0. The number of nitrogens with zero attached hydrogens (tertiary/aromatic N) is 2. The third-order valence-corrected chi connectivity index (χ3v) is 4.40. The zero-order valence-electron chi connectivity index (χ0n) is 10.4. The first kappa shape index (κ1) is 12.5. The van der Waals surface area contributed by atoms with Crippen molar-refractivity contribution in [2.45, 2.75) is 37.0 Å². The van der Waals surface area contributed by atoms with Crippen molar-refractivity contribution in [3.63, 3.8) is 0 Å². The minimum atomic E-state index is 0.528. The van der Waals surface area contributed by atoms with Crippen LogP contribution in [0.15, 0.2) is 12.4 Å². The van der Waals surface area contributed by atoms with Gasteiger partial charge in [0.2, 0.25) is 0 Å². The van der Waals surface area contributed by atoms with Gasteiger partial charge in [-0.05, 0) is 19.1 Å². The van der Waals surface area contributed by atoms with Crippen LogP contribution in [0.4, 0.5) is 11.6 Å². The van der Waals surface area contributed by atoms with Gasteiger partial charge in [-0.25, -0.2) is 4.98 Å². The Morgan fingerprint density at radius 3 is 2.76 bits per heavy atom. The molecular formula is C12H20N4S. The van der Waals surface area contributed by atoms with Gasteiger partial charge in [-0.3, -0.25) is 4.98 Å². The molecule has 0 saturated heterocycles. The highest BCUT2D eigenvalue weighted by Gasteiger charge is 2.24. The summed E-state index contributed by atoms with van der Waals surface area (Å²) in [6, 6.07) is 0.528. The predicted molar refractivity (Wildman–Crippen MR) is 74.8 cm³/mol. The lowest BCUT2D eigenvalue weighted by molar-refractivity contribution is 0.474. The number of nitrogens with one attached hydrogen (secondary N) is 2. The molecule has 17 heavy (non-hydrogen) atoms. The fraction of sp³-hybridized carbons (Fsp3) is 0.667. The van der Waals surface area contributed by atoms with Gasteiger partial charge in [0.1, 0.15) is 11.6 Å². The van der Waals surface area contributed by atoms with Crippen LogP contribution in [-0.2, 0) is 0 Å². The van der Waals surface area contributed by atoms with Gasteiger partial charge in [-0.2, -0.15) is 11.8 Å². The molecule has 0 aliphatic heterocycles. The summed E-state index contributed by atoms with van der Waals surface area (Å²) < 4.78 is 0. The Bertz CT molecular complexity index is 358. The summed E-state index contributed by atoms with van der Waals surface area (Å²) in [6.07, 6.45) is 10.9. The summed E-state index contributed by atoms with van der Waals surface area (Å²) in [6.45, 7) is 0. The number of aromatic nitrogens is 2. The van der Waals surface area contributed by atoms with E-state index < -0.39 is 0 Å². The molecule has 2 rings (SSSR count). The van der Waals surface area contributed by atoms with Crippen molar-refractivity contribution < 1.29 is 0 Å². The quantitative estimate of drug-likeness (QED) is 0.862. The molecule has 0 spiro atoms. The van der Waals surface area contributed by atoms with E-state index in [-0.39, 0.29) is 0 Å². The molecule has 0 aromatic carbocycles. The molecule has 5 heteroatoms. The molecule has 0 amide bonds.